The minimum absolute atomic E-state index is 0.00491. The van der Waals surface area contributed by atoms with Crippen LogP contribution in [0.2, 0.25) is 5.15 Å². The van der Waals surface area contributed by atoms with E-state index >= 15 is 0 Å². The van der Waals surface area contributed by atoms with E-state index in [1.54, 1.807) is 19.1 Å². The monoisotopic (exact) mass is 460 g/mol. The van der Waals surface area contributed by atoms with Crippen molar-refractivity contribution < 1.29 is 18.3 Å². The van der Waals surface area contributed by atoms with Gasteiger partial charge in [-0.3, -0.25) is 4.79 Å². The highest BCUT2D eigenvalue weighted by molar-refractivity contribution is 7.89. The highest BCUT2D eigenvalue weighted by Crippen LogP contribution is 2.31. The Morgan fingerprint density at radius 2 is 1.81 bits per heavy atom. The van der Waals surface area contributed by atoms with Crippen molar-refractivity contribution in [2.75, 3.05) is 18.4 Å². The third-order valence-corrected chi connectivity index (χ3v) is 7.39. The maximum atomic E-state index is 12.9. The first kappa shape index (κ1) is 21.4. The zero-order chi connectivity index (χ0) is 22.2. The Morgan fingerprint density at radius 3 is 2.48 bits per heavy atom. The molecule has 31 heavy (non-hydrogen) atoms. The van der Waals surface area contributed by atoms with E-state index in [9.17, 15) is 18.3 Å². The van der Waals surface area contributed by atoms with Gasteiger partial charge < -0.3 is 10.4 Å². The second-order valence-electron chi connectivity index (χ2n) is 7.24. The van der Waals surface area contributed by atoms with E-state index in [0.717, 1.165) is 12.8 Å². The van der Waals surface area contributed by atoms with Crippen molar-refractivity contribution in [1.29, 1.82) is 0 Å². The Kier molecular flexibility index (Phi) is 5.74. The van der Waals surface area contributed by atoms with Crippen molar-refractivity contribution in [1.82, 2.24) is 14.1 Å². The largest absolute Gasteiger partial charge is 0.506 e. The Balaban J connectivity index is 1.65. The molecular weight excluding hydrogens is 440 g/mol. The van der Waals surface area contributed by atoms with E-state index in [-0.39, 0.29) is 27.0 Å². The van der Waals surface area contributed by atoms with Gasteiger partial charge in [-0.15, -0.1) is 0 Å². The first-order valence-electron chi connectivity index (χ1n) is 9.74. The summed E-state index contributed by atoms with van der Waals surface area (Å²) in [6, 6.07) is 12.9. The summed E-state index contributed by atoms with van der Waals surface area (Å²) in [6.45, 7) is 2.56. The van der Waals surface area contributed by atoms with Crippen LogP contribution in [0.3, 0.4) is 0 Å². The number of hydrogen-bond acceptors (Lipinski definition) is 5. The molecule has 2 aromatic carbocycles. The molecule has 2 heterocycles. The number of aromatic nitrogens is 2. The summed E-state index contributed by atoms with van der Waals surface area (Å²) in [7, 11) is -3.70. The molecule has 4 rings (SSSR count). The Bertz CT molecular complexity index is 1240. The maximum absolute atomic E-state index is 12.9. The van der Waals surface area contributed by atoms with Crippen LogP contribution < -0.4 is 5.32 Å². The fourth-order valence-electron chi connectivity index (χ4n) is 3.54. The number of aryl methyl sites for hydroxylation is 1. The van der Waals surface area contributed by atoms with E-state index in [2.05, 4.69) is 10.4 Å². The fourth-order valence-corrected chi connectivity index (χ4v) is 5.44. The van der Waals surface area contributed by atoms with E-state index in [0.29, 0.717) is 24.5 Å². The molecule has 1 aliphatic heterocycles. The Morgan fingerprint density at radius 1 is 1.13 bits per heavy atom. The second-order valence-corrected chi connectivity index (χ2v) is 9.54. The van der Waals surface area contributed by atoms with Crippen LogP contribution >= 0.6 is 11.6 Å². The van der Waals surface area contributed by atoms with Gasteiger partial charge in [-0.05, 0) is 50.1 Å². The average molecular weight is 461 g/mol. The fraction of sp³-hybridized carbons (Fsp3) is 0.238. The zero-order valence-corrected chi connectivity index (χ0v) is 18.3. The number of phenols is 1. The lowest BCUT2D eigenvalue weighted by Crippen LogP contribution is -2.28. The number of halogens is 1. The van der Waals surface area contributed by atoms with E-state index in [4.69, 9.17) is 11.6 Å². The second kappa shape index (κ2) is 8.33. The summed E-state index contributed by atoms with van der Waals surface area (Å²) in [5.41, 5.74) is 1.20. The number of nitrogens with zero attached hydrogens (tertiary/aromatic N) is 3. The highest BCUT2D eigenvalue weighted by Gasteiger charge is 2.28. The number of rotatable bonds is 5. The van der Waals surface area contributed by atoms with Crippen LogP contribution in [0.25, 0.3) is 5.69 Å². The van der Waals surface area contributed by atoms with Crippen LogP contribution in [0.15, 0.2) is 53.4 Å². The number of nitrogens with one attached hydrogen (secondary N) is 1. The van der Waals surface area contributed by atoms with Gasteiger partial charge in [0.05, 0.1) is 22.0 Å². The molecule has 162 valence electrons. The summed E-state index contributed by atoms with van der Waals surface area (Å²) < 4.78 is 28.5. The summed E-state index contributed by atoms with van der Waals surface area (Å²) in [4.78, 5) is 13.0. The predicted molar refractivity (Wildman–Crippen MR) is 117 cm³/mol. The summed E-state index contributed by atoms with van der Waals surface area (Å²) in [5, 5.41) is 17.2. The van der Waals surface area contributed by atoms with Gasteiger partial charge in [-0.25, -0.2) is 13.1 Å². The van der Waals surface area contributed by atoms with Crippen molar-refractivity contribution in [2.24, 2.45) is 0 Å². The lowest BCUT2D eigenvalue weighted by molar-refractivity contribution is 0.102. The molecule has 1 amide bonds. The normalized spacial score (nSPS) is 14.6. The van der Waals surface area contributed by atoms with Crippen LogP contribution in [0.4, 0.5) is 5.69 Å². The van der Waals surface area contributed by atoms with Gasteiger partial charge in [0, 0.05) is 13.1 Å². The lowest BCUT2D eigenvalue weighted by Gasteiger charge is -2.16. The van der Waals surface area contributed by atoms with Gasteiger partial charge >= 0.3 is 0 Å². The number of sulfonamides is 1. The number of para-hydroxylation sites is 1. The van der Waals surface area contributed by atoms with E-state index in [1.807, 2.05) is 18.2 Å². The van der Waals surface area contributed by atoms with E-state index < -0.39 is 15.9 Å². The van der Waals surface area contributed by atoms with Gasteiger partial charge in [0.2, 0.25) is 10.0 Å². The maximum Gasteiger partial charge on any atom is 0.260 e. The first-order chi connectivity index (χ1) is 14.8. The number of aromatic hydroxyl groups is 1. The van der Waals surface area contributed by atoms with E-state index in [1.165, 1.54) is 27.2 Å². The molecule has 0 saturated carbocycles. The Hall–Kier alpha value is -2.88. The molecule has 0 radical (unpaired) electrons. The predicted octanol–water partition coefficient (Wildman–Crippen LogP) is 3.58. The van der Waals surface area contributed by atoms with Crippen LogP contribution in [0.1, 0.15) is 28.9 Å². The molecule has 0 unspecified atom stereocenters. The smallest absolute Gasteiger partial charge is 0.260 e. The molecule has 2 N–H and O–H groups in total. The molecule has 10 heteroatoms. The van der Waals surface area contributed by atoms with Gasteiger partial charge in [-0.2, -0.15) is 9.40 Å². The standard InChI is InChI=1S/C21H21ClN4O4S/c1-14-19(20(22)26(24-14)15-7-3-2-4-8-15)21(28)23-17-13-16(9-10-18(17)27)31(29,30)25-11-5-6-12-25/h2-4,7-10,13,27H,5-6,11-12H2,1H3,(H,23,28). The number of benzene rings is 2. The van der Waals surface area contributed by atoms with Gasteiger partial charge in [0.1, 0.15) is 16.5 Å². The number of hydrogen-bond donors (Lipinski definition) is 2. The molecule has 1 aliphatic rings. The van der Waals surface area contributed by atoms with Crippen molar-refractivity contribution in [3.8, 4) is 11.4 Å². The lowest BCUT2D eigenvalue weighted by atomic mass is 10.2. The highest BCUT2D eigenvalue weighted by atomic mass is 35.5. The molecule has 0 spiro atoms. The summed E-state index contributed by atoms with van der Waals surface area (Å²) in [6.07, 6.45) is 1.62. The quantitative estimate of drug-likeness (QED) is 0.566. The minimum atomic E-state index is -3.70. The average Bonchev–Trinajstić information content (AvgIpc) is 3.39. The Labute approximate surface area is 185 Å². The molecular formula is C21H21ClN4O4S. The molecule has 0 atom stereocenters. The zero-order valence-electron chi connectivity index (χ0n) is 16.7. The number of carbonyl (C=O) groups excluding carboxylic acids is 1. The molecule has 0 bridgehead atoms. The SMILES string of the molecule is Cc1nn(-c2ccccc2)c(Cl)c1C(=O)Nc1cc(S(=O)(=O)N2CCCC2)ccc1O. The molecule has 0 aliphatic carbocycles. The number of amides is 1. The topological polar surface area (TPSA) is 105 Å². The molecule has 1 fully saturated rings. The van der Waals surface area contributed by atoms with Crippen molar-refractivity contribution in [3.63, 3.8) is 0 Å². The molecule has 1 saturated heterocycles. The number of anilines is 1. The van der Waals surface area contributed by atoms with Gasteiger partial charge in [0.15, 0.2) is 0 Å². The third-order valence-electron chi connectivity index (χ3n) is 5.15. The van der Waals surface area contributed by atoms with Gasteiger partial charge in [-0.1, -0.05) is 29.8 Å². The third kappa shape index (κ3) is 4.04. The molecule has 1 aromatic heterocycles. The van der Waals surface area contributed by atoms with Crippen molar-refractivity contribution in [3.05, 3.63) is 64.9 Å². The minimum Gasteiger partial charge on any atom is -0.506 e. The van der Waals surface area contributed by atoms with Crippen LogP contribution in [0, 0.1) is 6.92 Å². The summed E-state index contributed by atoms with van der Waals surface area (Å²) in [5.74, 6) is -0.853. The first-order valence-corrected chi connectivity index (χ1v) is 11.6. The summed E-state index contributed by atoms with van der Waals surface area (Å²) >= 11 is 6.43. The number of phenolic OH excluding ortho intramolecular Hbond substituents is 1. The van der Waals surface area contributed by atoms with Gasteiger partial charge in [0.25, 0.3) is 5.91 Å². The van der Waals surface area contributed by atoms with Crippen LogP contribution in [-0.2, 0) is 10.0 Å². The molecule has 8 nitrogen and oxygen atoms in total. The van der Waals surface area contributed by atoms with Crippen molar-refractivity contribution >= 4 is 33.2 Å². The molecule has 3 aromatic rings. The van der Waals surface area contributed by atoms with Crippen molar-refractivity contribution in [2.45, 2.75) is 24.7 Å². The number of carbonyl (C=O) groups is 1. The van der Waals surface area contributed by atoms with Crippen LogP contribution in [0.5, 0.6) is 5.75 Å². The van der Waals surface area contributed by atoms with Crippen LogP contribution in [-0.4, -0.2) is 46.6 Å².